The van der Waals surface area contributed by atoms with E-state index in [9.17, 15) is 10.1 Å². The third kappa shape index (κ3) is 4.70. The van der Waals surface area contributed by atoms with E-state index < -0.39 is 5.91 Å². The number of halogens is 1. The average molecular weight is 432 g/mol. The van der Waals surface area contributed by atoms with Gasteiger partial charge in [0.1, 0.15) is 23.2 Å². The quantitative estimate of drug-likeness (QED) is 0.576. The van der Waals surface area contributed by atoms with Gasteiger partial charge in [-0.1, -0.05) is 6.07 Å². The highest BCUT2D eigenvalue weighted by Crippen LogP contribution is 2.32. The van der Waals surface area contributed by atoms with E-state index in [4.69, 9.17) is 13.9 Å². The molecule has 0 spiro atoms. The zero-order chi connectivity index (χ0) is 19.2. The van der Waals surface area contributed by atoms with Gasteiger partial charge in [0.25, 0.3) is 5.91 Å². The number of nitrogens with one attached hydrogen (secondary N) is 1. The van der Waals surface area contributed by atoms with Crippen molar-refractivity contribution in [3.8, 4) is 11.8 Å². The van der Waals surface area contributed by atoms with Crippen LogP contribution in [0.15, 0.2) is 44.8 Å². The smallest absolute Gasteiger partial charge is 0.266 e. The third-order valence-electron chi connectivity index (χ3n) is 3.97. The molecule has 1 amide bonds. The van der Waals surface area contributed by atoms with E-state index in [1.165, 1.54) is 6.08 Å². The van der Waals surface area contributed by atoms with Gasteiger partial charge in [0.15, 0.2) is 0 Å². The summed E-state index contributed by atoms with van der Waals surface area (Å²) in [7, 11) is 1.54. The molecule has 0 radical (unpaired) electrons. The normalized spacial score (nSPS) is 14.6. The zero-order valence-corrected chi connectivity index (χ0v) is 16.3. The standard InChI is InChI=1S/C19H18BrN3O4/c1-25-15-4-2-3-14(10-15)22-18(24)13(12-21)9-16-11-17(20)19(27-16)23-5-7-26-8-6-23/h2-4,9-11H,5-8H2,1H3,(H,22,24)/b13-9-. The second-order valence-corrected chi connectivity index (χ2v) is 6.61. The Balaban J connectivity index is 1.77. The highest BCUT2D eigenvalue weighted by atomic mass is 79.9. The summed E-state index contributed by atoms with van der Waals surface area (Å²) in [5.74, 6) is 1.17. The van der Waals surface area contributed by atoms with Crippen LogP contribution in [0.3, 0.4) is 0 Å². The van der Waals surface area contributed by atoms with Crippen LogP contribution in [-0.2, 0) is 9.53 Å². The number of nitriles is 1. The van der Waals surface area contributed by atoms with Crippen molar-refractivity contribution in [1.29, 1.82) is 5.26 Å². The van der Waals surface area contributed by atoms with Crippen molar-refractivity contribution < 1.29 is 18.7 Å². The van der Waals surface area contributed by atoms with E-state index in [2.05, 4.69) is 21.2 Å². The number of ether oxygens (including phenoxy) is 2. The van der Waals surface area contributed by atoms with E-state index in [-0.39, 0.29) is 5.57 Å². The number of morpholine rings is 1. The van der Waals surface area contributed by atoms with Gasteiger partial charge in [0.2, 0.25) is 5.88 Å². The summed E-state index contributed by atoms with van der Waals surface area (Å²) < 4.78 is 17.1. The zero-order valence-electron chi connectivity index (χ0n) is 14.7. The number of carbonyl (C=O) groups is 1. The van der Waals surface area contributed by atoms with Crippen molar-refractivity contribution in [2.24, 2.45) is 0 Å². The molecule has 0 saturated carbocycles. The minimum absolute atomic E-state index is 0.0624. The molecule has 140 valence electrons. The largest absolute Gasteiger partial charge is 0.497 e. The monoisotopic (exact) mass is 431 g/mol. The van der Waals surface area contributed by atoms with E-state index >= 15 is 0 Å². The molecule has 0 aliphatic carbocycles. The average Bonchev–Trinajstić information content (AvgIpc) is 3.07. The van der Waals surface area contributed by atoms with Crippen LogP contribution >= 0.6 is 15.9 Å². The van der Waals surface area contributed by atoms with Crippen molar-refractivity contribution >= 4 is 39.5 Å². The molecule has 2 aromatic rings. The summed E-state index contributed by atoms with van der Waals surface area (Å²) >= 11 is 3.47. The highest BCUT2D eigenvalue weighted by molar-refractivity contribution is 9.10. The van der Waals surface area contributed by atoms with Crippen LogP contribution in [0.5, 0.6) is 5.75 Å². The fourth-order valence-corrected chi connectivity index (χ4v) is 3.18. The molecule has 27 heavy (non-hydrogen) atoms. The molecule has 0 bridgehead atoms. The number of carbonyl (C=O) groups excluding carboxylic acids is 1. The first kappa shape index (κ1) is 19.0. The predicted octanol–water partition coefficient (Wildman–Crippen LogP) is 3.43. The Morgan fingerprint density at radius 2 is 2.15 bits per heavy atom. The minimum Gasteiger partial charge on any atom is -0.497 e. The fourth-order valence-electron chi connectivity index (χ4n) is 2.62. The summed E-state index contributed by atoms with van der Waals surface area (Å²) in [6.07, 6.45) is 1.42. The molecule has 1 fully saturated rings. The maximum atomic E-state index is 12.4. The molecule has 8 heteroatoms. The number of nitrogens with zero attached hydrogens (tertiary/aromatic N) is 2. The van der Waals surface area contributed by atoms with Crippen LogP contribution in [0.1, 0.15) is 5.76 Å². The van der Waals surface area contributed by atoms with E-state index in [1.54, 1.807) is 37.4 Å². The Labute approximate surface area is 165 Å². The van der Waals surface area contributed by atoms with Crippen LogP contribution in [0.25, 0.3) is 6.08 Å². The Morgan fingerprint density at radius 3 is 2.85 bits per heavy atom. The Kier molecular flexibility index (Phi) is 6.16. The number of hydrogen-bond donors (Lipinski definition) is 1. The number of rotatable bonds is 5. The SMILES string of the molecule is COc1cccc(NC(=O)/C(C#N)=C\c2cc(Br)c(N3CCOCC3)o2)c1. The second kappa shape index (κ2) is 8.75. The fraction of sp³-hybridized carbons (Fsp3) is 0.263. The molecule has 0 unspecified atom stereocenters. The van der Waals surface area contributed by atoms with Crippen molar-refractivity contribution in [2.45, 2.75) is 0 Å². The lowest BCUT2D eigenvalue weighted by molar-refractivity contribution is -0.112. The first-order valence-corrected chi connectivity index (χ1v) is 9.09. The maximum Gasteiger partial charge on any atom is 0.266 e. The van der Waals surface area contributed by atoms with Gasteiger partial charge < -0.3 is 24.1 Å². The van der Waals surface area contributed by atoms with E-state index in [1.807, 2.05) is 11.0 Å². The van der Waals surface area contributed by atoms with Crippen LogP contribution in [0.2, 0.25) is 0 Å². The molecule has 7 nitrogen and oxygen atoms in total. The minimum atomic E-state index is -0.522. The first-order valence-electron chi connectivity index (χ1n) is 8.30. The van der Waals surface area contributed by atoms with Gasteiger partial charge in [-0.25, -0.2) is 0 Å². The summed E-state index contributed by atoms with van der Waals surface area (Å²) in [5.41, 5.74) is 0.475. The molecule has 0 atom stereocenters. The summed E-state index contributed by atoms with van der Waals surface area (Å²) in [5, 5.41) is 12.1. The number of anilines is 2. The van der Waals surface area contributed by atoms with Crippen LogP contribution < -0.4 is 15.0 Å². The Hall–Kier alpha value is -2.76. The lowest BCUT2D eigenvalue weighted by Gasteiger charge is -2.26. The van der Waals surface area contributed by atoms with Gasteiger partial charge >= 0.3 is 0 Å². The number of furan rings is 1. The van der Waals surface area contributed by atoms with Crippen LogP contribution in [0.4, 0.5) is 11.6 Å². The third-order valence-corrected chi connectivity index (χ3v) is 4.53. The molecule has 2 heterocycles. The summed E-state index contributed by atoms with van der Waals surface area (Å²) in [6.45, 7) is 2.70. The molecule has 1 N–H and O–H groups in total. The molecular formula is C19H18BrN3O4. The molecule has 1 aromatic carbocycles. The van der Waals surface area contributed by atoms with Crippen LogP contribution in [0, 0.1) is 11.3 Å². The van der Waals surface area contributed by atoms with Gasteiger partial charge in [-0.15, -0.1) is 0 Å². The lowest BCUT2D eigenvalue weighted by Crippen LogP contribution is -2.36. The lowest BCUT2D eigenvalue weighted by atomic mass is 10.2. The summed E-state index contributed by atoms with van der Waals surface area (Å²) in [4.78, 5) is 14.5. The highest BCUT2D eigenvalue weighted by Gasteiger charge is 2.19. The maximum absolute atomic E-state index is 12.4. The first-order chi connectivity index (χ1) is 13.1. The Morgan fingerprint density at radius 1 is 1.37 bits per heavy atom. The predicted molar refractivity (Wildman–Crippen MR) is 105 cm³/mol. The topological polar surface area (TPSA) is 87.7 Å². The van der Waals surface area contributed by atoms with Crippen molar-refractivity contribution in [3.63, 3.8) is 0 Å². The molecule has 1 saturated heterocycles. The molecule has 1 aliphatic heterocycles. The Bertz CT molecular complexity index is 895. The second-order valence-electron chi connectivity index (χ2n) is 5.76. The molecule has 1 aliphatic rings. The number of hydrogen-bond acceptors (Lipinski definition) is 6. The van der Waals surface area contributed by atoms with Gasteiger partial charge in [-0.05, 0) is 28.1 Å². The van der Waals surface area contributed by atoms with Crippen molar-refractivity contribution in [1.82, 2.24) is 0 Å². The van der Waals surface area contributed by atoms with Crippen molar-refractivity contribution in [2.75, 3.05) is 43.6 Å². The summed E-state index contributed by atoms with van der Waals surface area (Å²) in [6, 6.07) is 10.6. The van der Waals surface area contributed by atoms with Crippen molar-refractivity contribution in [3.05, 3.63) is 46.1 Å². The van der Waals surface area contributed by atoms with E-state index in [0.717, 1.165) is 17.6 Å². The number of amides is 1. The van der Waals surface area contributed by atoms with E-state index in [0.29, 0.717) is 36.3 Å². The van der Waals surface area contributed by atoms with Crippen LogP contribution in [-0.4, -0.2) is 39.3 Å². The molecule has 3 rings (SSSR count). The number of methoxy groups -OCH3 is 1. The molecule has 1 aromatic heterocycles. The van der Waals surface area contributed by atoms with Gasteiger partial charge in [-0.3, -0.25) is 4.79 Å². The number of benzene rings is 1. The van der Waals surface area contributed by atoms with Gasteiger partial charge in [0, 0.05) is 37.0 Å². The molecular weight excluding hydrogens is 414 g/mol. The van der Waals surface area contributed by atoms with Gasteiger partial charge in [0.05, 0.1) is 24.8 Å². The van der Waals surface area contributed by atoms with Gasteiger partial charge in [-0.2, -0.15) is 5.26 Å².